The monoisotopic (exact) mass is 544 g/mol. The number of benzene rings is 3. The molecule has 1 unspecified atom stereocenters. The number of halogens is 7. The molecule has 0 bridgehead atoms. The number of hydrogen-bond donors (Lipinski definition) is 1. The van der Waals surface area contributed by atoms with E-state index in [1.54, 1.807) is 19.1 Å². The van der Waals surface area contributed by atoms with Crippen LogP contribution in [0, 0.1) is 25.5 Å². The fraction of sp³-hybridized carbons (Fsp3) is 0.200. The van der Waals surface area contributed by atoms with Crippen LogP contribution in [0.15, 0.2) is 64.9 Å². The third-order valence-electron chi connectivity index (χ3n) is 5.39. The first-order valence-electron chi connectivity index (χ1n) is 10.3. The lowest BCUT2D eigenvalue weighted by Crippen LogP contribution is -2.42. The van der Waals surface area contributed by atoms with Crippen LogP contribution < -0.4 is 0 Å². The van der Waals surface area contributed by atoms with Crippen molar-refractivity contribution in [2.24, 2.45) is 10.3 Å². The summed E-state index contributed by atoms with van der Waals surface area (Å²) in [5, 5.41) is 14.7. The summed E-state index contributed by atoms with van der Waals surface area (Å²) in [4.78, 5) is 4.89. The molecule has 1 N–H and O–H groups in total. The molecule has 36 heavy (non-hydrogen) atoms. The highest BCUT2D eigenvalue weighted by Crippen LogP contribution is 2.49. The van der Waals surface area contributed by atoms with Crippen molar-refractivity contribution in [1.29, 1.82) is 0 Å². The summed E-state index contributed by atoms with van der Waals surface area (Å²) in [5.41, 5.74) is -0.979. The lowest BCUT2D eigenvalue weighted by atomic mass is 9.86. The molecule has 0 saturated carbocycles. The average molecular weight is 545 g/mol. The summed E-state index contributed by atoms with van der Waals surface area (Å²) in [7, 11) is 0. The van der Waals surface area contributed by atoms with Crippen LogP contribution in [0.2, 0.25) is 10.0 Å². The summed E-state index contributed by atoms with van der Waals surface area (Å²) in [5.74, 6) is -0.702. The molecule has 1 aliphatic rings. The van der Waals surface area contributed by atoms with E-state index in [0.29, 0.717) is 22.3 Å². The smallest absolute Gasteiger partial charge is 0.411 e. The van der Waals surface area contributed by atoms with Gasteiger partial charge in [0.05, 0.1) is 11.9 Å². The van der Waals surface area contributed by atoms with E-state index in [9.17, 15) is 22.0 Å². The first kappa shape index (κ1) is 27.4. The van der Waals surface area contributed by atoms with Crippen molar-refractivity contribution in [3.05, 3.63) is 104 Å². The lowest BCUT2D eigenvalue weighted by molar-refractivity contribution is -0.275. The molecular weight excluding hydrogens is 526 g/mol. The van der Waals surface area contributed by atoms with Gasteiger partial charge in [-0.25, -0.2) is 8.78 Å². The van der Waals surface area contributed by atoms with Gasteiger partial charge in [-0.2, -0.15) is 13.2 Å². The van der Waals surface area contributed by atoms with Crippen LogP contribution in [0.4, 0.5) is 22.0 Å². The van der Waals surface area contributed by atoms with Crippen molar-refractivity contribution in [3.63, 3.8) is 0 Å². The molecule has 1 heterocycles. The average Bonchev–Trinajstić information content (AvgIpc) is 3.25. The van der Waals surface area contributed by atoms with Crippen molar-refractivity contribution in [1.82, 2.24) is 0 Å². The Labute approximate surface area is 213 Å². The zero-order valence-electron chi connectivity index (χ0n) is 18.9. The minimum atomic E-state index is -4.76. The van der Waals surface area contributed by atoms with Gasteiger partial charge < -0.3 is 10.0 Å². The maximum Gasteiger partial charge on any atom is 0.435 e. The number of aryl methyl sites for hydroxylation is 2. The van der Waals surface area contributed by atoms with Gasteiger partial charge in [0.1, 0.15) is 11.6 Å². The highest BCUT2D eigenvalue weighted by atomic mass is 35.5. The van der Waals surface area contributed by atoms with E-state index in [4.69, 9.17) is 33.2 Å². The fourth-order valence-corrected chi connectivity index (χ4v) is 4.01. The van der Waals surface area contributed by atoms with Crippen molar-refractivity contribution in [2.45, 2.75) is 32.0 Å². The Kier molecular flexibility index (Phi) is 8.26. The van der Waals surface area contributed by atoms with Crippen molar-refractivity contribution >= 4 is 35.1 Å². The van der Waals surface area contributed by atoms with E-state index in [2.05, 4.69) is 10.3 Å². The Bertz CT molecular complexity index is 1310. The van der Waals surface area contributed by atoms with Gasteiger partial charge in [0.25, 0.3) is 5.60 Å². The van der Waals surface area contributed by atoms with Gasteiger partial charge in [0.15, 0.2) is 0 Å². The number of rotatable bonds is 3. The third-order valence-corrected chi connectivity index (χ3v) is 5.83. The van der Waals surface area contributed by atoms with E-state index in [-0.39, 0.29) is 27.1 Å². The predicted octanol–water partition coefficient (Wildman–Crippen LogP) is 7.97. The highest BCUT2D eigenvalue weighted by molar-refractivity contribution is 6.34. The van der Waals surface area contributed by atoms with Crippen LogP contribution in [0.5, 0.6) is 0 Å². The summed E-state index contributed by atoms with van der Waals surface area (Å²) in [6, 6.07) is 12.1. The lowest BCUT2D eigenvalue weighted by Gasteiger charge is -2.29. The van der Waals surface area contributed by atoms with Crippen LogP contribution in [0.3, 0.4) is 0 Å². The molecule has 0 spiro atoms. The second-order valence-electron chi connectivity index (χ2n) is 8.01. The molecule has 1 atom stereocenters. The van der Waals surface area contributed by atoms with Crippen LogP contribution in [-0.4, -0.2) is 23.3 Å². The molecule has 0 aromatic heterocycles. The van der Waals surface area contributed by atoms with Gasteiger partial charge in [0.2, 0.25) is 0 Å². The van der Waals surface area contributed by atoms with Gasteiger partial charge in [-0.1, -0.05) is 45.6 Å². The molecule has 11 heteroatoms. The number of oxime groups is 2. The Hall–Kier alpha value is -3.17. The van der Waals surface area contributed by atoms with E-state index in [1.165, 1.54) is 43.5 Å². The Morgan fingerprint density at radius 1 is 0.944 bits per heavy atom. The highest BCUT2D eigenvalue weighted by Gasteiger charge is 2.62. The minimum absolute atomic E-state index is 0.0563. The van der Waals surface area contributed by atoms with Crippen LogP contribution in [0.25, 0.3) is 0 Å². The third kappa shape index (κ3) is 5.96. The molecule has 0 amide bonds. The van der Waals surface area contributed by atoms with Crippen molar-refractivity contribution in [2.75, 3.05) is 0 Å². The first-order valence-corrected chi connectivity index (χ1v) is 11.1. The summed E-state index contributed by atoms with van der Waals surface area (Å²) < 4.78 is 67.6. The fourth-order valence-electron chi connectivity index (χ4n) is 3.48. The molecule has 3 aromatic rings. The van der Waals surface area contributed by atoms with E-state index < -0.39 is 24.0 Å². The molecule has 190 valence electrons. The summed E-state index contributed by atoms with van der Waals surface area (Å²) in [6.45, 7) is 3.17. The Morgan fingerprint density at radius 3 is 2.06 bits per heavy atom. The van der Waals surface area contributed by atoms with E-state index in [1.807, 2.05) is 0 Å². The number of alkyl halides is 3. The Morgan fingerprint density at radius 2 is 1.53 bits per heavy atom. The molecule has 0 saturated heterocycles. The van der Waals surface area contributed by atoms with Gasteiger partial charge in [-0.3, -0.25) is 0 Å². The molecule has 4 nitrogen and oxygen atoms in total. The minimum Gasteiger partial charge on any atom is -0.411 e. The van der Waals surface area contributed by atoms with Crippen LogP contribution in [-0.2, 0) is 10.4 Å². The molecule has 4 rings (SSSR count). The first-order chi connectivity index (χ1) is 16.9. The van der Waals surface area contributed by atoms with Gasteiger partial charge in [-0.05, 0) is 78.6 Å². The van der Waals surface area contributed by atoms with Gasteiger partial charge in [-0.15, -0.1) is 0 Å². The second-order valence-corrected chi connectivity index (χ2v) is 8.88. The largest absolute Gasteiger partial charge is 0.435 e. The van der Waals surface area contributed by atoms with Crippen LogP contribution >= 0.6 is 23.2 Å². The molecule has 3 aromatic carbocycles. The zero-order chi connectivity index (χ0) is 26.7. The topological polar surface area (TPSA) is 54.2 Å². The summed E-state index contributed by atoms with van der Waals surface area (Å²) >= 11 is 11.7. The molecular formula is C25H19Cl2F5N2O2. The molecule has 1 aliphatic heterocycles. The maximum absolute atomic E-state index is 13.9. The standard InChI is InChI=1S/C17H11Cl2F4NO.C8H8FNO/c1-9-4-10(2-3-14(9)20)15-8-16(25-24-15,17(21,22)23)11-5-12(18)7-13(19)6-11;1-6-4-7(5-10-11)2-3-8(6)9/h2-7H,8H2,1H3;2-5,11H,1H3/b;10-5+. The number of nitrogens with zero attached hydrogens (tertiary/aromatic N) is 2. The van der Waals surface area contributed by atoms with Crippen LogP contribution in [0.1, 0.15) is 34.2 Å². The second kappa shape index (κ2) is 10.8. The van der Waals surface area contributed by atoms with Gasteiger partial charge in [0, 0.05) is 22.0 Å². The van der Waals surface area contributed by atoms with Crippen molar-refractivity contribution in [3.8, 4) is 0 Å². The SMILES string of the molecule is Cc1cc(/C=N/O)ccc1F.Cc1cc(C2=NOC(c3cc(Cl)cc(Cl)c3)(C(F)(F)F)C2)ccc1F. The van der Waals surface area contributed by atoms with Gasteiger partial charge >= 0.3 is 6.18 Å². The molecule has 0 aliphatic carbocycles. The molecule has 0 radical (unpaired) electrons. The predicted molar refractivity (Wildman–Crippen MR) is 128 cm³/mol. The Balaban J connectivity index is 0.000000275. The normalized spacial score (nSPS) is 17.4. The zero-order valence-corrected chi connectivity index (χ0v) is 20.4. The van der Waals surface area contributed by atoms with E-state index >= 15 is 0 Å². The quantitative estimate of drug-likeness (QED) is 0.157. The van der Waals surface area contributed by atoms with E-state index in [0.717, 1.165) is 12.1 Å². The van der Waals surface area contributed by atoms with Crippen molar-refractivity contribution < 1.29 is 32.0 Å². The summed E-state index contributed by atoms with van der Waals surface area (Å²) in [6.07, 6.45) is -4.08. The number of hydrogen-bond acceptors (Lipinski definition) is 4. The maximum atomic E-state index is 13.9. The molecule has 0 fully saturated rings.